The summed E-state index contributed by atoms with van der Waals surface area (Å²) < 4.78 is 44.5. The number of ether oxygens (including phenoxy) is 1. The average molecular weight is 383 g/mol. The van der Waals surface area contributed by atoms with Crippen molar-refractivity contribution in [2.75, 3.05) is 11.9 Å². The Hall–Kier alpha value is -3.28. The van der Waals surface area contributed by atoms with E-state index in [9.17, 15) is 18.0 Å². The van der Waals surface area contributed by atoms with Crippen LogP contribution in [0.4, 0.5) is 18.9 Å². The smallest absolute Gasteiger partial charge is 0.416 e. The van der Waals surface area contributed by atoms with Crippen molar-refractivity contribution < 1.29 is 22.7 Å². The summed E-state index contributed by atoms with van der Waals surface area (Å²) in [5, 5.41) is 4.33. The molecule has 3 aromatic rings. The van der Waals surface area contributed by atoms with E-state index in [1.54, 1.807) is 6.08 Å². The lowest BCUT2D eigenvalue weighted by molar-refractivity contribution is -0.137. The summed E-state index contributed by atoms with van der Waals surface area (Å²) in [6, 6.07) is 14.6. The number of fused-ring (bicyclic) bond motifs is 2. The third-order valence-corrected chi connectivity index (χ3v) is 4.65. The molecule has 3 nitrogen and oxygen atoms in total. The Labute approximate surface area is 159 Å². The second kappa shape index (κ2) is 6.71. The summed E-state index contributed by atoms with van der Waals surface area (Å²) in [7, 11) is 0. The zero-order chi connectivity index (χ0) is 19.9. The highest BCUT2D eigenvalue weighted by atomic mass is 19.4. The van der Waals surface area contributed by atoms with E-state index in [4.69, 9.17) is 4.74 Å². The molecule has 0 spiro atoms. The number of hydrogen-bond donors (Lipinski definition) is 1. The van der Waals surface area contributed by atoms with Crippen LogP contribution in [0.2, 0.25) is 0 Å². The number of rotatable bonds is 3. The standard InChI is InChI=1S/C22H16F3NO2/c1-2-28-20-10-7-13(15-5-3-4-6-17(15)20)11-18-16-9-8-14(22(23,24)25)12-19(16)26-21(18)27/h3-12H,2H2,1H3,(H,26,27)/b18-11+. The van der Waals surface area contributed by atoms with Gasteiger partial charge in [-0.05, 0) is 42.1 Å². The third kappa shape index (κ3) is 3.11. The largest absolute Gasteiger partial charge is 0.493 e. The lowest BCUT2D eigenvalue weighted by Crippen LogP contribution is -2.06. The molecule has 28 heavy (non-hydrogen) atoms. The van der Waals surface area contributed by atoms with Crippen LogP contribution in [-0.2, 0) is 11.0 Å². The summed E-state index contributed by atoms with van der Waals surface area (Å²) in [6.07, 6.45) is -2.76. The van der Waals surface area contributed by atoms with Crippen LogP contribution >= 0.6 is 0 Å². The van der Waals surface area contributed by atoms with Crippen molar-refractivity contribution in [3.8, 4) is 5.75 Å². The minimum Gasteiger partial charge on any atom is -0.493 e. The van der Waals surface area contributed by atoms with Crippen molar-refractivity contribution in [2.24, 2.45) is 0 Å². The van der Waals surface area contributed by atoms with Crippen LogP contribution in [-0.4, -0.2) is 12.5 Å². The first-order chi connectivity index (χ1) is 13.4. The van der Waals surface area contributed by atoms with Crippen LogP contribution in [0.5, 0.6) is 5.75 Å². The summed E-state index contributed by atoms with van der Waals surface area (Å²) in [6.45, 7) is 2.43. The highest BCUT2D eigenvalue weighted by Gasteiger charge is 2.33. The molecule has 4 rings (SSSR count). The first-order valence-corrected chi connectivity index (χ1v) is 8.77. The van der Waals surface area contributed by atoms with Crippen molar-refractivity contribution in [3.05, 3.63) is 71.3 Å². The molecule has 0 bridgehead atoms. The second-order valence-corrected chi connectivity index (χ2v) is 6.40. The van der Waals surface area contributed by atoms with Gasteiger partial charge in [0.1, 0.15) is 5.75 Å². The first-order valence-electron chi connectivity index (χ1n) is 8.77. The van der Waals surface area contributed by atoms with Crippen molar-refractivity contribution in [2.45, 2.75) is 13.1 Å². The topological polar surface area (TPSA) is 38.3 Å². The van der Waals surface area contributed by atoms with Crippen LogP contribution in [0.1, 0.15) is 23.6 Å². The molecule has 1 aliphatic heterocycles. The minimum absolute atomic E-state index is 0.168. The first kappa shape index (κ1) is 18.1. The van der Waals surface area contributed by atoms with E-state index < -0.39 is 17.6 Å². The number of anilines is 1. The second-order valence-electron chi connectivity index (χ2n) is 6.40. The molecular weight excluding hydrogens is 367 g/mol. The molecule has 0 atom stereocenters. The van der Waals surface area contributed by atoms with Gasteiger partial charge in [-0.2, -0.15) is 13.2 Å². The van der Waals surface area contributed by atoms with Crippen molar-refractivity contribution in [1.29, 1.82) is 0 Å². The molecule has 3 aromatic carbocycles. The van der Waals surface area contributed by atoms with Gasteiger partial charge in [-0.15, -0.1) is 0 Å². The number of nitrogens with one attached hydrogen (secondary N) is 1. The summed E-state index contributed by atoms with van der Waals surface area (Å²) in [4.78, 5) is 12.4. The minimum atomic E-state index is -4.46. The number of hydrogen-bond acceptors (Lipinski definition) is 2. The molecule has 0 aliphatic carbocycles. The highest BCUT2D eigenvalue weighted by Crippen LogP contribution is 2.39. The maximum atomic E-state index is 12.9. The molecular formula is C22H16F3NO2. The molecule has 6 heteroatoms. The zero-order valence-corrected chi connectivity index (χ0v) is 14.9. The number of benzene rings is 3. The monoisotopic (exact) mass is 383 g/mol. The Morgan fingerprint density at radius 2 is 1.79 bits per heavy atom. The highest BCUT2D eigenvalue weighted by molar-refractivity contribution is 6.35. The molecule has 0 radical (unpaired) electrons. The molecule has 0 aromatic heterocycles. The fourth-order valence-corrected chi connectivity index (χ4v) is 3.37. The number of halogens is 3. The van der Waals surface area contributed by atoms with E-state index in [2.05, 4.69) is 5.32 Å². The molecule has 142 valence electrons. The van der Waals surface area contributed by atoms with Crippen LogP contribution in [0.3, 0.4) is 0 Å². The van der Waals surface area contributed by atoms with Gasteiger partial charge in [0, 0.05) is 22.2 Å². The summed E-state index contributed by atoms with van der Waals surface area (Å²) >= 11 is 0. The zero-order valence-electron chi connectivity index (χ0n) is 14.9. The number of alkyl halides is 3. The Kier molecular flexibility index (Phi) is 4.34. The molecule has 1 amide bonds. The van der Waals surface area contributed by atoms with E-state index in [1.807, 2.05) is 43.3 Å². The molecule has 0 fully saturated rings. The van der Waals surface area contributed by atoms with Crippen LogP contribution < -0.4 is 10.1 Å². The maximum absolute atomic E-state index is 12.9. The fraction of sp³-hybridized carbons (Fsp3) is 0.136. The predicted molar refractivity (Wildman–Crippen MR) is 103 cm³/mol. The Morgan fingerprint density at radius 3 is 2.50 bits per heavy atom. The van der Waals surface area contributed by atoms with Crippen LogP contribution in [0.15, 0.2) is 54.6 Å². The normalized spacial score (nSPS) is 15.0. The molecule has 1 aliphatic rings. The summed E-state index contributed by atoms with van der Waals surface area (Å²) in [5.41, 5.74) is 0.951. The Balaban J connectivity index is 1.83. The average Bonchev–Trinajstić information content (AvgIpc) is 2.97. The van der Waals surface area contributed by atoms with Gasteiger partial charge in [-0.25, -0.2) is 0 Å². The number of carbonyl (C=O) groups excluding carboxylic acids is 1. The molecule has 1 heterocycles. The van der Waals surface area contributed by atoms with Gasteiger partial charge in [0.2, 0.25) is 0 Å². The van der Waals surface area contributed by atoms with Gasteiger partial charge in [0.05, 0.1) is 12.2 Å². The van der Waals surface area contributed by atoms with E-state index in [0.29, 0.717) is 17.7 Å². The van der Waals surface area contributed by atoms with Gasteiger partial charge in [0.25, 0.3) is 5.91 Å². The molecule has 1 N–H and O–H groups in total. The van der Waals surface area contributed by atoms with E-state index in [-0.39, 0.29) is 5.69 Å². The van der Waals surface area contributed by atoms with Crippen molar-refractivity contribution in [1.82, 2.24) is 0 Å². The number of amides is 1. The molecule has 0 unspecified atom stereocenters. The van der Waals surface area contributed by atoms with Gasteiger partial charge >= 0.3 is 6.18 Å². The third-order valence-electron chi connectivity index (χ3n) is 4.65. The van der Waals surface area contributed by atoms with Gasteiger partial charge in [-0.3, -0.25) is 4.79 Å². The van der Waals surface area contributed by atoms with E-state index in [0.717, 1.165) is 34.2 Å². The van der Waals surface area contributed by atoms with Crippen molar-refractivity contribution in [3.63, 3.8) is 0 Å². The molecule has 0 saturated heterocycles. The predicted octanol–water partition coefficient (Wildman–Crippen LogP) is 5.75. The molecule has 0 saturated carbocycles. The Morgan fingerprint density at radius 1 is 1.04 bits per heavy atom. The van der Waals surface area contributed by atoms with Crippen LogP contribution in [0, 0.1) is 0 Å². The lowest BCUT2D eigenvalue weighted by Gasteiger charge is -2.10. The van der Waals surface area contributed by atoms with E-state index >= 15 is 0 Å². The van der Waals surface area contributed by atoms with Gasteiger partial charge in [-0.1, -0.05) is 36.4 Å². The maximum Gasteiger partial charge on any atom is 0.416 e. The summed E-state index contributed by atoms with van der Waals surface area (Å²) in [5.74, 6) is 0.318. The van der Waals surface area contributed by atoms with Crippen LogP contribution in [0.25, 0.3) is 22.4 Å². The quantitative estimate of drug-likeness (QED) is 0.585. The number of carbonyl (C=O) groups is 1. The van der Waals surface area contributed by atoms with Gasteiger partial charge in [0.15, 0.2) is 0 Å². The SMILES string of the molecule is CCOc1ccc(/C=C2/C(=O)Nc3cc(C(F)(F)F)ccc32)c2ccccc12. The van der Waals surface area contributed by atoms with E-state index in [1.165, 1.54) is 6.07 Å². The van der Waals surface area contributed by atoms with Gasteiger partial charge < -0.3 is 10.1 Å². The lowest BCUT2D eigenvalue weighted by atomic mass is 9.98. The Bertz CT molecular complexity index is 1120. The fourth-order valence-electron chi connectivity index (χ4n) is 3.37. The van der Waals surface area contributed by atoms with Crippen molar-refractivity contribution >= 4 is 34.0 Å².